The van der Waals surface area contributed by atoms with E-state index < -0.39 is 0 Å². The summed E-state index contributed by atoms with van der Waals surface area (Å²) in [5.74, 6) is 0.935. The molecule has 2 aliphatic heterocycles. The number of rotatable bonds is 5. The number of ether oxygens (including phenoxy) is 2. The number of benzene rings is 2. The summed E-state index contributed by atoms with van der Waals surface area (Å²) in [4.78, 5) is 30.1. The summed E-state index contributed by atoms with van der Waals surface area (Å²) in [5, 5.41) is 0. The number of amides is 2. The molecule has 2 aromatic rings. The van der Waals surface area contributed by atoms with Gasteiger partial charge in [0.25, 0.3) is 0 Å². The fourth-order valence-corrected chi connectivity index (χ4v) is 4.13. The van der Waals surface area contributed by atoms with E-state index in [1.807, 2.05) is 36.6 Å². The van der Waals surface area contributed by atoms with E-state index in [1.165, 1.54) is 4.90 Å². The van der Waals surface area contributed by atoms with Gasteiger partial charge in [0.2, 0.25) is 11.8 Å². The summed E-state index contributed by atoms with van der Waals surface area (Å²) in [6.45, 7) is 1.93. The Morgan fingerprint density at radius 3 is 2.59 bits per heavy atom. The van der Waals surface area contributed by atoms with Gasteiger partial charge in [0, 0.05) is 43.2 Å². The van der Waals surface area contributed by atoms with Crippen molar-refractivity contribution in [2.24, 2.45) is 5.92 Å². The van der Waals surface area contributed by atoms with Crippen LogP contribution in [0.4, 0.5) is 5.69 Å². The molecule has 0 aromatic heterocycles. The average Bonchev–Trinajstić information content (AvgIpc) is 3.15. The van der Waals surface area contributed by atoms with Gasteiger partial charge in [-0.3, -0.25) is 9.59 Å². The van der Waals surface area contributed by atoms with Gasteiger partial charge in [-0.2, -0.15) is 0 Å². The van der Waals surface area contributed by atoms with Crippen LogP contribution in [-0.4, -0.2) is 49.8 Å². The van der Waals surface area contributed by atoms with Crippen LogP contribution in [0.3, 0.4) is 0 Å². The van der Waals surface area contributed by atoms with E-state index in [-0.39, 0.29) is 24.2 Å². The molecule has 2 heterocycles. The van der Waals surface area contributed by atoms with Crippen LogP contribution < -0.4 is 14.4 Å². The number of hydrogen-bond acceptors (Lipinski definition) is 5. The van der Waals surface area contributed by atoms with E-state index in [2.05, 4.69) is 12.1 Å². The average molecular weight is 413 g/mol. The second-order valence-electron chi connectivity index (χ2n) is 7.28. The van der Waals surface area contributed by atoms with Crippen molar-refractivity contribution in [2.45, 2.75) is 17.9 Å². The monoisotopic (exact) mass is 412 g/mol. The van der Waals surface area contributed by atoms with Gasteiger partial charge < -0.3 is 19.3 Å². The largest absolute Gasteiger partial charge is 0.486 e. The molecule has 0 bridgehead atoms. The fourth-order valence-electron chi connectivity index (χ4n) is 3.72. The Kier molecular flexibility index (Phi) is 5.67. The number of anilines is 1. The van der Waals surface area contributed by atoms with Crippen LogP contribution in [0.25, 0.3) is 0 Å². The minimum atomic E-state index is -0.342. The van der Waals surface area contributed by atoms with Gasteiger partial charge in [0.1, 0.15) is 13.2 Å². The molecular formula is C22H24N2O4S. The highest BCUT2D eigenvalue weighted by atomic mass is 32.2. The molecule has 0 aliphatic carbocycles. The number of fused-ring (bicyclic) bond motifs is 1. The molecule has 1 atom stereocenters. The second-order valence-corrected chi connectivity index (χ2v) is 8.16. The molecular weight excluding hydrogens is 388 g/mol. The lowest BCUT2D eigenvalue weighted by molar-refractivity contribution is -0.135. The number of carbonyl (C=O) groups is 2. The lowest BCUT2D eigenvalue weighted by Gasteiger charge is -2.23. The van der Waals surface area contributed by atoms with Gasteiger partial charge in [-0.15, -0.1) is 11.8 Å². The Balaban J connectivity index is 1.42. The van der Waals surface area contributed by atoms with Crippen molar-refractivity contribution in [2.75, 3.05) is 38.0 Å². The molecule has 2 amide bonds. The molecule has 2 aliphatic rings. The first-order valence-corrected chi connectivity index (χ1v) is 10.9. The summed E-state index contributed by atoms with van der Waals surface area (Å²) in [6.07, 6.45) is 2.26. The molecule has 0 spiro atoms. The van der Waals surface area contributed by atoms with Gasteiger partial charge in [0.15, 0.2) is 11.5 Å². The third kappa shape index (κ3) is 4.19. The van der Waals surface area contributed by atoms with Crippen molar-refractivity contribution in [3.05, 3.63) is 48.0 Å². The van der Waals surface area contributed by atoms with Crippen molar-refractivity contribution in [3.63, 3.8) is 0 Å². The van der Waals surface area contributed by atoms with Crippen LogP contribution in [0.5, 0.6) is 11.5 Å². The zero-order chi connectivity index (χ0) is 20.4. The molecule has 1 saturated heterocycles. The van der Waals surface area contributed by atoms with E-state index in [0.717, 1.165) is 11.3 Å². The summed E-state index contributed by atoms with van der Waals surface area (Å²) < 4.78 is 11.2. The molecule has 29 heavy (non-hydrogen) atoms. The van der Waals surface area contributed by atoms with E-state index >= 15 is 0 Å². The standard InChI is InChI=1S/C22H24N2O4S/c1-23(13-15-3-6-18(29-2)7-4-15)22(26)16-11-21(25)24(14-16)17-5-8-19-20(12-17)28-10-9-27-19/h3-8,12,16H,9-11,13-14H2,1-2H3/t16-/m1/s1. The maximum absolute atomic E-state index is 12.9. The Morgan fingerprint density at radius 2 is 1.86 bits per heavy atom. The Morgan fingerprint density at radius 1 is 1.14 bits per heavy atom. The molecule has 0 saturated carbocycles. The van der Waals surface area contributed by atoms with Gasteiger partial charge in [-0.05, 0) is 36.1 Å². The first-order chi connectivity index (χ1) is 14.0. The van der Waals surface area contributed by atoms with Crippen LogP contribution in [0.1, 0.15) is 12.0 Å². The molecule has 0 N–H and O–H groups in total. The number of nitrogens with zero attached hydrogens (tertiary/aromatic N) is 2. The summed E-state index contributed by atoms with van der Waals surface area (Å²) >= 11 is 1.69. The Hall–Kier alpha value is -2.67. The third-order valence-corrected chi connectivity index (χ3v) is 6.01. The highest BCUT2D eigenvalue weighted by Gasteiger charge is 2.36. The van der Waals surface area contributed by atoms with E-state index in [1.54, 1.807) is 28.6 Å². The lowest BCUT2D eigenvalue weighted by Crippen LogP contribution is -2.34. The molecule has 0 radical (unpaired) electrons. The molecule has 0 unspecified atom stereocenters. The molecule has 2 aromatic carbocycles. The summed E-state index contributed by atoms with van der Waals surface area (Å²) in [6, 6.07) is 13.7. The van der Waals surface area contributed by atoms with Gasteiger partial charge in [0.05, 0.1) is 5.92 Å². The molecule has 152 valence electrons. The maximum atomic E-state index is 12.9. The van der Waals surface area contributed by atoms with E-state index in [0.29, 0.717) is 37.8 Å². The Labute approximate surface area is 174 Å². The van der Waals surface area contributed by atoms with Crippen molar-refractivity contribution >= 4 is 29.3 Å². The number of carbonyl (C=O) groups excluding carboxylic acids is 2. The Bertz CT molecular complexity index is 916. The van der Waals surface area contributed by atoms with Crippen molar-refractivity contribution in [1.29, 1.82) is 0 Å². The second kappa shape index (κ2) is 8.37. The SMILES string of the molecule is CSc1ccc(CN(C)C(=O)[C@@H]2CC(=O)N(c3ccc4c(c3)OCCO4)C2)cc1. The molecule has 7 heteroatoms. The van der Waals surface area contributed by atoms with Crippen LogP contribution in [0.2, 0.25) is 0 Å². The van der Waals surface area contributed by atoms with E-state index in [9.17, 15) is 9.59 Å². The molecule has 4 rings (SSSR count). The number of hydrogen-bond donors (Lipinski definition) is 0. The maximum Gasteiger partial charge on any atom is 0.228 e. The molecule has 1 fully saturated rings. The third-order valence-electron chi connectivity index (χ3n) is 5.27. The van der Waals surface area contributed by atoms with Crippen molar-refractivity contribution in [1.82, 2.24) is 4.90 Å². The van der Waals surface area contributed by atoms with Gasteiger partial charge in [-0.25, -0.2) is 0 Å². The highest BCUT2D eigenvalue weighted by molar-refractivity contribution is 7.98. The zero-order valence-corrected chi connectivity index (χ0v) is 17.4. The smallest absolute Gasteiger partial charge is 0.228 e. The fraction of sp³-hybridized carbons (Fsp3) is 0.364. The van der Waals surface area contributed by atoms with Crippen LogP contribution in [0, 0.1) is 5.92 Å². The normalized spacial score (nSPS) is 18.1. The van der Waals surface area contributed by atoms with Crippen LogP contribution >= 0.6 is 11.8 Å². The first-order valence-electron chi connectivity index (χ1n) is 9.63. The molecule has 6 nitrogen and oxygen atoms in total. The predicted octanol–water partition coefficient (Wildman–Crippen LogP) is 3.19. The van der Waals surface area contributed by atoms with Crippen LogP contribution in [0.15, 0.2) is 47.4 Å². The summed E-state index contributed by atoms with van der Waals surface area (Å²) in [7, 11) is 1.79. The van der Waals surface area contributed by atoms with Crippen LogP contribution in [-0.2, 0) is 16.1 Å². The van der Waals surface area contributed by atoms with E-state index in [4.69, 9.17) is 9.47 Å². The van der Waals surface area contributed by atoms with Gasteiger partial charge >= 0.3 is 0 Å². The minimum Gasteiger partial charge on any atom is -0.486 e. The quantitative estimate of drug-likeness (QED) is 0.706. The highest BCUT2D eigenvalue weighted by Crippen LogP contribution is 2.36. The van der Waals surface area contributed by atoms with Crippen molar-refractivity contribution < 1.29 is 19.1 Å². The number of thioether (sulfide) groups is 1. The summed E-state index contributed by atoms with van der Waals surface area (Å²) in [5.41, 5.74) is 1.82. The lowest BCUT2D eigenvalue weighted by atomic mass is 10.1. The first kappa shape index (κ1) is 19.6. The van der Waals surface area contributed by atoms with Crippen molar-refractivity contribution in [3.8, 4) is 11.5 Å². The van der Waals surface area contributed by atoms with Gasteiger partial charge in [-0.1, -0.05) is 12.1 Å². The topological polar surface area (TPSA) is 59.1 Å². The predicted molar refractivity (Wildman–Crippen MR) is 113 cm³/mol. The zero-order valence-electron chi connectivity index (χ0n) is 16.6. The minimum absolute atomic E-state index is 0.00710.